The molecule has 0 atom stereocenters. The zero-order valence-corrected chi connectivity index (χ0v) is 11.4. The van der Waals surface area contributed by atoms with Gasteiger partial charge in [-0.3, -0.25) is 0 Å². The maximum absolute atomic E-state index is 13.2. The molecule has 102 valence electrons. The van der Waals surface area contributed by atoms with E-state index in [-0.39, 0.29) is 5.82 Å². The second kappa shape index (κ2) is 5.93. The zero-order valence-electron chi connectivity index (χ0n) is 11.4. The van der Waals surface area contributed by atoms with Crippen LogP contribution in [-0.4, -0.2) is 22.8 Å². The maximum Gasteiger partial charge on any atom is 0.248 e. The fourth-order valence-electron chi connectivity index (χ4n) is 1.76. The molecule has 0 saturated carbocycles. The number of hydrogen-bond donors (Lipinski definition) is 1. The van der Waals surface area contributed by atoms with E-state index in [9.17, 15) is 4.39 Å². The van der Waals surface area contributed by atoms with Crippen LogP contribution in [0.1, 0.15) is 25.3 Å². The predicted molar refractivity (Wildman–Crippen MR) is 71.3 cm³/mol. The Morgan fingerprint density at radius 1 is 1.32 bits per heavy atom. The third-order valence-electron chi connectivity index (χ3n) is 2.79. The van der Waals surface area contributed by atoms with Gasteiger partial charge in [-0.05, 0) is 24.6 Å². The van der Waals surface area contributed by atoms with Gasteiger partial charge < -0.3 is 9.73 Å². The van der Waals surface area contributed by atoms with Crippen LogP contribution in [-0.2, 0) is 6.42 Å². The lowest BCUT2D eigenvalue weighted by atomic mass is 10.1. The molecule has 0 aliphatic carbocycles. The van der Waals surface area contributed by atoms with Crippen molar-refractivity contribution in [3.8, 4) is 11.5 Å². The van der Waals surface area contributed by atoms with E-state index >= 15 is 0 Å². The summed E-state index contributed by atoms with van der Waals surface area (Å²) < 4.78 is 18.8. The minimum absolute atomic E-state index is 0.304. The van der Waals surface area contributed by atoms with Crippen LogP contribution in [0.3, 0.4) is 0 Å². The van der Waals surface area contributed by atoms with Gasteiger partial charge in [0, 0.05) is 24.6 Å². The van der Waals surface area contributed by atoms with E-state index in [1.807, 2.05) is 6.92 Å². The Balaban J connectivity index is 2.10. The monoisotopic (exact) mass is 263 g/mol. The molecule has 0 amide bonds. The Kier molecular flexibility index (Phi) is 4.27. The number of benzene rings is 1. The molecule has 0 spiro atoms. The molecule has 0 bridgehead atoms. The Bertz CT molecular complexity index is 551. The van der Waals surface area contributed by atoms with Gasteiger partial charge in [-0.2, -0.15) is 0 Å². The largest absolute Gasteiger partial charge is 0.421 e. The Labute approximate surface area is 112 Å². The highest BCUT2D eigenvalue weighted by atomic mass is 19.1. The summed E-state index contributed by atoms with van der Waals surface area (Å²) in [6.45, 7) is 6.82. The van der Waals surface area contributed by atoms with Crippen LogP contribution in [0.25, 0.3) is 11.5 Å². The van der Waals surface area contributed by atoms with Gasteiger partial charge in [-0.25, -0.2) is 4.39 Å². The Morgan fingerprint density at radius 2 is 2.11 bits per heavy atom. The van der Waals surface area contributed by atoms with E-state index in [2.05, 4.69) is 29.4 Å². The Morgan fingerprint density at radius 3 is 2.84 bits per heavy atom. The van der Waals surface area contributed by atoms with Crippen molar-refractivity contribution in [1.82, 2.24) is 15.5 Å². The van der Waals surface area contributed by atoms with Gasteiger partial charge in [0.2, 0.25) is 11.8 Å². The van der Waals surface area contributed by atoms with Crippen molar-refractivity contribution in [2.75, 3.05) is 6.54 Å². The molecule has 0 aliphatic heterocycles. The average Bonchev–Trinajstić information content (AvgIpc) is 2.80. The topological polar surface area (TPSA) is 51.0 Å². The third-order valence-corrected chi connectivity index (χ3v) is 2.79. The van der Waals surface area contributed by atoms with Crippen molar-refractivity contribution in [1.29, 1.82) is 0 Å². The molecule has 2 rings (SSSR count). The quantitative estimate of drug-likeness (QED) is 0.901. The molecular formula is C14H18FN3O. The van der Waals surface area contributed by atoms with Crippen LogP contribution < -0.4 is 5.32 Å². The highest BCUT2D eigenvalue weighted by Crippen LogP contribution is 2.22. The van der Waals surface area contributed by atoms with Crippen molar-refractivity contribution in [3.05, 3.63) is 35.5 Å². The van der Waals surface area contributed by atoms with E-state index < -0.39 is 0 Å². The third kappa shape index (κ3) is 3.61. The van der Waals surface area contributed by atoms with Gasteiger partial charge in [0.15, 0.2) is 0 Å². The summed E-state index contributed by atoms with van der Waals surface area (Å²) >= 11 is 0. The van der Waals surface area contributed by atoms with Crippen LogP contribution >= 0.6 is 0 Å². The van der Waals surface area contributed by atoms with E-state index in [0.717, 1.165) is 12.1 Å². The second-order valence-electron chi connectivity index (χ2n) is 4.82. The molecule has 4 nitrogen and oxygen atoms in total. The summed E-state index contributed by atoms with van der Waals surface area (Å²) in [6, 6.07) is 4.96. The second-order valence-corrected chi connectivity index (χ2v) is 4.82. The van der Waals surface area contributed by atoms with Crippen molar-refractivity contribution < 1.29 is 8.81 Å². The van der Waals surface area contributed by atoms with Crippen LogP contribution in [0.5, 0.6) is 0 Å². The number of nitrogens with zero attached hydrogens (tertiary/aromatic N) is 2. The summed E-state index contributed by atoms with van der Waals surface area (Å²) in [4.78, 5) is 0. The molecule has 5 heteroatoms. The van der Waals surface area contributed by atoms with Gasteiger partial charge in [-0.15, -0.1) is 10.2 Å². The van der Waals surface area contributed by atoms with Gasteiger partial charge in [0.05, 0.1) is 0 Å². The van der Waals surface area contributed by atoms with Gasteiger partial charge in [0.1, 0.15) is 5.82 Å². The first-order chi connectivity index (χ1) is 9.06. The molecule has 1 aromatic heterocycles. The lowest BCUT2D eigenvalue weighted by Crippen LogP contribution is -2.25. The molecule has 2 aromatic rings. The molecule has 1 N–H and O–H groups in total. The van der Waals surface area contributed by atoms with E-state index in [1.165, 1.54) is 12.1 Å². The summed E-state index contributed by atoms with van der Waals surface area (Å²) in [7, 11) is 0. The predicted octanol–water partition coefficient (Wildman–Crippen LogP) is 2.72. The average molecular weight is 263 g/mol. The number of rotatable bonds is 5. The summed E-state index contributed by atoms with van der Waals surface area (Å²) in [5.74, 6) is 0.630. The molecular weight excluding hydrogens is 245 g/mol. The van der Waals surface area contributed by atoms with Crippen LogP contribution in [0.15, 0.2) is 22.6 Å². The van der Waals surface area contributed by atoms with Crippen molar-refractivity contribution in [2.45, 2.75) is 33.2 Å². The molecule has 0 fully saturated rings. The van der Waals surface area contributed by atoms with Crippen molar-refractivity contribution >= 4 is 0 Å². The maximum atomic E-state index is 13.2. The molecule has 0 radical (unpaired) electrons. The Hall–Kier alpha value is -1.75. The standard InChI is InChI=1S/C14H18FN3O/c1-9(2)16-7-6-13-17-18-14(19-13)12-8-11(15)5-4-10(12)3/h4-5,8-9,16H,6-7H2,1-3H3. The van der Waals surface area contributed by atoms with Crippen molar-refractivity contribution in [3.63, 3.8) is 0 Å². The first-order valence-corrected chi connectivity index (χ1v) is 6.38. The number of hydrogen-bond acceptors (Lipinski definition) is 4. The SMILES string of the molecule is Cc1ccc(F)cc1-c1nnc(CCNC(C)C)o1. The van der Waals surface area contributed by atoms with Crippen LogP contribution in [0.4, 0.5) is 4.39 Å². The fourth-order valence-corrected chi connectivity index (χ4v) is 1.76. The zero-order chi connectivity index (χ0) is 13.8. The van der Waals surface area contributed by atoms with E-state index in [1.54, 1.807) is 6.07 Å². The number of nitrogens with one attached hydrogen (secondary N) is 1. The minimum atomic E-state index is -0.304. The minimum Gasteiger partial charge on any atom is -0.421 e. The summed E-state index contributed by atoms with van der Waals surface area (Å²) in [6.07, 6.45) is 0.666. The first kappa shape index (κ1) is 13.7. The van der Waals surface area contributed by atoms with E-state index in [4.69, 9.17) is 4.42 Å². The van der Waals surface area contributed by atoms with Crippen LogP contribution in [0, 0.1) is 12.7 Å². The summed E-state index contributed by atoms with van der Waals surface area (Å²) in [5, 5.41) is 11.2. The summed E-state index contributed by atoms with van der Waals surface area (Å²) in [5.41, 5.74) is 1.56. The molecule has 0 unspecified atom stereocenters. The van der Waals surface area contributed by atoms with Crippen molar-refractivity contribution in [2.24, 2.45) is 0 Å². The smallest absolute Gasteiger partial charge is 0.248 e. The molecule has 1 aromatic carbocycles. The highest BCUT2D eigenvalue weighted by Gasteiger charge is 2.11. The number of aromatic nitrogens is 2. The van der Waals surface area contributed by atoms with Gasteiger partial charge in [-0.1, -0.05) is 19.9 Å². The fraction of sp³-hybridized carbons (Fsp3) is 0.429. The van der Waals surface area contributed by atoms with E-state index in [0.29, 0.717) is 29.8 Å². The lowest BCUT2D eigenvalue weighted by molar-refractivity contribution is 0.484. The molecule has 1 heterocycles. The molecule has 0 saturated heterocycles. The molecule has 19 heavy (non-hydrogen) atoms. The normalized spacial score (nSPS) is 11.2. The lowest BCUT2D eigenvalue weighted by Gasteiger charge is -2.05. The first-order valence-electron chi connectivity index (χ1n) is 6.38. The highest BCUT2D eigenvalue weighted by molar-refractivity contribution is 5.57. The van der Waals surface area contributed by atoms with Crippen LogP contribution in [0.2, 0.25) is 0 Å². The van der Waals surface area contributed by atoms with Gasteiger partial charge in [0.25, 0.3) is 0 Å². The number of halogens is 1. The molecule has 0 aliphatic rings. The number of aryl methyl sites for hydroxylation is 1. The van der Waals surface area contributed by atoms with Gasteiger partial charge >= 0.3 is 0 Å².